The number of benzene rings is 1. The standard InChI is InChI=1S/C17H17FN4O3/c1-9(17-20-11(3)22-25-17)19-12-4-5-14(18)15(8-12)21-16(23)13-6-7-24-10(13)2/h4-9,19H,1-3H3,(H,21,23). The van der Waals surface area contributed by atoms with Crippen LogP contribution >= 0.6 is 0 Å². The van der Waals surface area contributed by atoms with E-state index in [1.165, 1.54) is 24.5 Å². The molecule has 0 saturated carbocycles. The molecule has 25 heavy (non-hydrogen) atoms. The fourth-order valence-electron chi connectivity index (χ4n) is 2.32. The highest BCUT2D eigenvalue weighted by Crippen LogP contribution is 2.24. The van der Waals surface area contributed by atoms with Crippen molar-refractivity contribution in [3.8, 4) is 0 Å². The highest BCUT2D eigenvalue weighted by Gasteiger charge is 2.16. The van der Waals surface area contributed by atoms with E-state index in [2.05, 4.69) is 20.8 Å². The van der Waals surface area contributed by atoms with Gasteiger partial charge in [0.1, 0.15) is 17.6 Å². The van der Waals surface area contributed by atoms with Gasteiger partial charge in [0.15, 0.2) is 5.82 Å². The third kappa shape index (κ3) is 3.68. The first-order valence-electron chi connectivity index (χ1n) is 7.66. The van der Waals surface area contributed by atoms with E-state index >= 15 is 0 Å². The van der Waals surface area contributed by atoms with Crippen LogP contribution in [0.1, 0.15) is 40.8 Å². The maximum atomic E-state index is 14.0. The Balaban J connectivity index is 1.76. The number of hydrogen-bond acceptors (Lipinski definition) is 6. The predicted octanol–water partition coefficient (Wildman–Crippen LogP) is 3.84. The first-order valence-corrected chi connectivity index (χ1v) is 7.66. The van der Waals surface area contributed by atoms with Crippen LogP contribution < -0.4 is 10.6 Å². The SMILES string of the molecule is Cc1noc(C(C)Nc2ccc(F)c(NC(=O)c3ccoc3C)c2)n1. The normalized spacial score (nSPS) is 12.0. The molecule has 0 saturated heterocycles. The summed E-state index contributed by atoms with van der Waals surface area (Å²) in [5.74, 6) is 0.435. The van der Waals surface area contributed by atoms with E-state index in [1.807, 2.05) is 6.92 Å². The lowest BCUT2D eigenvalue weighted by atomic mass is 10.2. The molecule has 1 atom stereocenters. The first-order chi connectivity index (χ1) is 11.9. The van der Waals surface area contributed by atoms with Gasteiger partial charge in [-0.25, -0.2) is 4.39 Å². The quantitative estimate of drug-likeness (QED) is 0.730. The van der Waals surface area contributed by atoms with Gasteiger partial charge in [-0.05, 0) is 45.0 Å². The lowest BCUT2D eigenvalue weighted by molar-refractivity contribution is 0.102. The van der Waals surface area contributed by atoms with Gasteiger partial charge in [0.2, 0.25) is 5.89 Å². The third-order valence-electron chi connectivity index (χ3n) is 3.61. The van der Waals surface area contributed by atoms with Crippen molar-refractivity contribution in [3.63, 3.8) is 0 Å². The van der Waals surface area contributed by atoms with Crippen molar-refractivity contribution in [1.82, 2.24) is 10.1 Å². The summed E-state index contributed by atoms with van der Waals surface area (Å²) in [7, 11) is 0. The molecule has 1 aromatic carbocycles. The zero-order valence-electron chi connectivity index (χ0n) is 14.0. The van der Waals surface area contributed by atoms with Crippen LogP contribution in [0.4, 0.5) is 15.8 Å². The van der Waals surface area contributed by atoms with Crippen molar-refractivity contribution in [2.24, 2.45) is 0 Å². The van der Waals surface area contributed by atoms with E-state index in [0.717, 1.165) is 0 Å². The number of nitrogens with zero attached hydrogens (tertiary/aromatic N) is 2. The van der Waals surface area contributed by atoms with Gasteiger partial charge in [-0.3, -0.25) is 4.79 Å². The van der Waals surface area contributed by atoms with Crippen molar-refractivity contribution in [1.29, 1.82) is 0 Å². The minimum Gasteiger partial charge on any atom is -0.469 e. The van der Waals surface area contributed by atoms with Crippen LogP contribution in [0.25, 0.3) is 0 Å². The number of carbonyl (C=O) groups is 1. The van der Waals surface area contributed by atoms with E-state index in [-0.39, 0.29) is 11.7 Å². The summed E-state index contributed by atoms with van der Waals surface area (Å²) in [5, 5.41) is 9.41. The molecule has 3 rings (SSSR count). The molecular weight excluding hydrogens is 327 g/mol. The number of furan rings is 1. The summed E-state index contributed by atoms with van der Waals surface area (Å²) in [6.45, 7) is 5.23. The number of carbonyl (C=O) groups excluding carboxylic acids is 1. The van der Waals surface area contributed by atoms with Gasteiger partial charge in [-0.2, -0.15) is 4.98 Å². The molecule has 0 radical (unpaired) electrons. The van der Waals surface area contributed by atoms with E-state index in [0.29, 0.717) is 28.7 Å². The molecule has 0 bridgehead atoms. The van der Waals surface area contributed by atoms with Gasteiger partial charge in [0, 0.05) is 5.69 Å². The van der Waals surface area contributed by atoms with E-state index < -0.39 is 11.7 Å². The van der Waals surface area contributed by atoms with Crippen LogP contribution in [-0.2, 0) is 0 Å². The minimum absolute atomic E-state index is 0.0597. The number of halogens is 1. The van der Waals surface area contributed by atoms with Crippen LogP contribution in [-0.4, -0.2) is 16.0 Å². The fourth-order valence-corrected chi connectivity index (χ4v) is 2.32. The monoisotopic (exact) mass is 344 g/mol. The van der Waals surface area contributed by atoms with Crippen LogP contribution in [0.2, 0.25) is 0 Å². The molecule has 1 unspecified atom stereocenters. The largest absolute Gasteiger partial charge is 0.469 e. The molecule has 2 heterocycles. The Morgan fingerprint density at radius 2 is 2.08 bits per heavy atom. The molecule has 1 amide bonds. The predicted molar refractivity (Wildman–Crippen MR) is 88.9 cm³/mol. The van der Waals surface area contributed by atoms with Gasteiger partial charge >= 0.3 is 0 Å². The second-order valence-electron chi connectivity index (χ2n) is 5.59. The van der Waals surface area contributed by atoms with Crippen LogP contribution in [0.5, 0.6) is 0 Å². The Bertz CT molecular complexity index is 903. The Kier molecular flexibility index (Phi) is 4.51. The number of nitrogens with one attached hydrogen (secondary N) is 2. The number of aryl methyl sites for hydroxylation is 2. The van der Waals surface area contributed by atoms with Crippen molar-refractivity contribution in [2.45, 2.75) is 26.8 Å². The summed E-state index contributed by atoms with van der Waals surface area (Å²) in [6, 6.07) is 5.60. The zero-order valence-corrected chi connectivity index (χ0v) is 14.0. The molecule has 8 heteroatoms. The number of anilines is 2. The third-order valence-corrected chi connectivity index (χ3v) is 3.61. The summed E-state index contributed by atoms with van der Waals surface area (Å²) >= 11 is 0. The highest BCUT2D eigenvalue weighted by molar-refractivity contribution is 6.05. The Labute approximate surface area is 143 Å². The molecule has 2 N–H and O–H groups in total. The van der Waals surface area contributed by atoms with Gasteiger partial charge in [0.25, 0.3) is 5.91 Å². The van der Waals surface area contributed by atoms with Gasteiger partial charge in [-0.1, -0.05) is 5.16 Å². The molecule has 0 aliphatic carbocycles. The summed E-state index contributed by atoms with van der Waals surface area (Å²) < 4.78 is 24.2. The lowest BCUT2D eigenvalue weighted by Crippen LogP contribution is -2.14. The number of hydrogen-bond donors (Lipinski definition) is 2. The maximum absolute atomic E-state index is 14.0. The summed E-state index contributed by atoms with van der Waals surface area (Å²) in [4.78, 5) is 16.4. The summed E-state index contributed by atoms with van der Waals surface area (Å²) in [6.07, 6.45) is 1.41. The van der Waals surface area contributed by atoms with E-state index in [9.17, 15) is 9.18 Å². The van der Waals surface area contributed by atoms with E-state index in [4.69, 9.17) is 8.94 Å². The molecule has 0 aliphatic heterocycles. The van der Waals surface area contributed by atoms with Gasteiger partial charge in [-0.15, -0.1) is 0 Å². The second-order valence-corrected chi connectivity index (χ2v) is 5.59. The fraction of sp³-hybridized carbons (Fsp3) is 0.235. The molecule has 130 valence electrons. The van der Waals surface area contributed by atoms with Gasteiger partial charge in [0.05, 0.1) is 17.5 Å². The van der Waals surface area contributed by atoms with Crippen LogP contribution in [0, 0.1) is 19.7 Å². The number of aromatic nitrogens is 2. The average molecular weight is 344 g/mol. The Morgan fingerprint density at radius 3 is 2.72 bits per heavy atom. The molecule has 0 spiro atoms. The highest BCUT2D eigenvalue weighted by atomic mass is 19.1. The lowest BCUT2D eigenvalue weighted by Gasteiger charge is -2.13. The number of amides is 1. The minimum atomic E-state index is -0.540. The average Bonchev–Trinajstić information content (AvgIpc) is 3.19. The van der Waals surface area contributed by atoms with Crippen molar-refractivity contribution in [3.05, 3.63) is 59.4 Å². The first kappa shape index (κ1) is 16.7. The zero-order chi connectivity index (χ0) is 18.0. The second kappa shape index (κ2) is 6.76. The van der Waals surface area contributed by atoms with E-state index in [1.54, 1.807) is 19.9 Å². The number of rotatable bonds is 5. The Hall–Kier alpha value is -3.16. The van der Waals surface area contributed by atoms with Crippen molar-refractivity contribution < 1.29 is 18.1 Å². The Morgan fingerprint density at radius 1 is 1.28 bits per heavy atom. The smallest absolute Gasteiger partial charge is 0.259 e. The topological polar surface area (TPSA) is 93.2 Å². The van der Waals surface area contributed by atoms with Crippen molar-refractivity contribution in [2.75, 3.05) is 10.6 Å². The summed E-state index contributed by atoms with van der Waals surface area (Å²) in [5.41, 5.74) is 1.01. The van der Waals surface area contributed by atoms with Gasteiger partial charge < -0.3 is 19.6 Å². The molecule has 2 aromatic heterocycles. The molecule has 0 aliphatic rings. The molecule has 3 aromatic rings. The van der Waals surface area contributed by atoms with Crippen LogP contribution in [0.3, 0.4) is 0 Å². The molecule has 0 fully saturated rings. The molecule has 7 nitrogen and oxygen atoms in total. The van der Waals surface area contributed by atoms with Crippen molar-refractivity contribution >= 4 is 17.3 Å². The van der Waals surface area contributed by atoms with Crippen LogP contribution in [0.15, 0.2) is 39.5 Å². The maximum Gasteiger partial charge on any atom is 0.259 e. The molecular formula is C17H17FN4O3.